The molecule has 0 aliphatic rings. The Hall–Kier alpha value is -2.29. The van der Waals surface area contributed by atoms with Gasteiger partial charge >= 0.3 is 0 Å². The molecule has 0 saturated heterocycles. The average molecular weight is 339 g/mol. The van der Waals surface area contributed by atoms with Gasteiger partial charge in [-0.05, 0) is 60.1 Å². The van der Waals surface area contributed by atoms with Crippen LogP contribution >= 0.6 is 0 Å². The summed E-state index contributed by atoms with van der Waals surface area (Å²) < 4.78 is 5.58. The molecule has 0 radical (unpaired) electrons. The Morgan fingerprint density at radius 3 is 1.84 bits per heavy atom. The van der Waals surface area contributed by atoms with Crippen molar-refractivity contribution < 1.29 is 9.53 Å². The van der Waals surface area contributed by atoms with E-state index in [1.807, 2.05) is 24.3 Å². The molecule has 2 aromatic rings. The summed E-state index contributed by atoms with van der Waals surface area (Å²) in [4.78, 5) is 12.0. The number of nitrogens with one attached hydrogen (secondary N) is 1. The maximum Gasteiger partial charge on any atom is 0.262 e. The van der Waals surface area contributed by atoms with Crippen molar-refractivity contribution in [2.24, 2.45) is 0 Å². The number of anilines is 1. The molecule has 0 heterocycles. The van der Waals surface area contributed by atoms with Crippen molar-refractivity contribution in [1.82, 2.24) is 0 Å². The van der Waals surface area contributed by atoms with E-state index in [0.29, 0.717) is 17.6 Å². The second kappa shape index (κ2) is 9.26. The van der Waals surface area contributed by atoms with Crippen molar-refractivity contribution in [3.8, 4) is 5.75 Å². The number of rotatable bonds is 8. The van der Waals surface area contributed by atoms with Gasteiger partial charge in [0.15, 0.2) is 6.61 Å². The zero-order chi connectivity index (χ0) is 18.2. The summed E-state index contributed by atoms with van der Waals surface area (Å²) in [6.45, 7) is 8.77. The van der Waals surface area contributed by atoms with E-state index < -0.39 is 0 Å². The number of carbonyl (C=O) groups excluding carboxylic acids is 1. The normalized spacial score (nSPS) is 13.1. The van der Waals surface area contributed by atoms with Crippen molar-refractivity contribution in [2.45, 2.75) is 52.4 Å². The summed E-state index contributed by atoms with van der Waals surface area (Å²) >= 11 is 0. The molecule has 2 atom stereocenters. The van der Waals surface area contributed by atoms with Crippen LogP contribution in [0.5, 0.6) is 5.75 Å². The van der Waals surface area contributed by atoms with Crippen molar-refractivity contribution in [2.75, 3.05) is 11.9 Å². The molecule has 1 amide bonds. The average Bonchev–Trinajstić information content (AvgIpc) is 2.66. The number of amides is 1. The first-order valence-electron chi connectivity index (χ1n) is 9.16. The Balaban J connectivity index is 1.84. The molecule has 0 unspecified atom stereocenters. The summed E-state index contributed by atoms with van der Waals surface area (Å²) in [6.07, 6.45) is 2.22. The van der Waals surface area contributed by atoms with Crippen LogP contribution in [0.3, 0.4) is 0 Å². The van der Waals surface area contributed by atoms with Crippen molar-refractivity contribution in [1.29, 1.82) is 0 Å². The highest BCUT2D eigenvalue weighted by molar-refractivity contribution is 5.91. The lowest BCUT2D eigenvalue weighted by Gasteiger charge is -2.12. The second-order valence-electron chi connectivity index (χ2n) is 6.65. The Morgan fingerprint density at radius 2 is 1.36 bits per heavy atom. The largest absolute Gasteiger partial charge is 0.484 e. The van der Waals surface area contributed by atoms with E-state index in [1.165, 1.54) is 11.1 Å². The van der Waals surface area contributed by atoms with Gasteiger partial charge in [0.1, 0.15) is 5.75 Å². The standard InChI is InChI=1S/C22H29NO2/c1-5-16(3)18-7-11-20(12-8-18)23-22(24)15-25-21-13-9-19(10-14-21)17(4)6-2/h7-14,16-17H,5-6,15H2,1-4H3,(H,23,24)/t16-,17-/m0/s1. The highest BCUT2D eigenvalue weighted by Gasteiger charge is 2.07. The van der Waals surface area contributed by atoms with Gasteiger partial charge in [0.2, 0.25) is 0 Å². The summed E-state index contributed by atoms with van der Waals surface area (Å²) in [7, 11) is 0. The van der Waals surface area contributed by atoms with E-state index in [-0.39, 0.29) is 12.5 Å². The van der Waals surface area contributed by atoms with E-state index in [2.05, 4.69) is 57.3 Å². The third kappa shape index (κ3) is 5.63. The third-order valence-corrected chi connectivity index (χ3v) is 4.81. The fraction of sp³-hybridized carbons (Fsp3) is 0.409. The summed E-state index contributed by atoms with van der Waals surface area (Å²) in [6, 6.07) is 16.0. The van der Waals surface area contributed by atoms with E-state index >= 15 is 0 Å². The molecule has 2 rings (SSSR count). The van der Waals surface area contributed by atoms with Crippen LogP contribution in [0, 0.1) is 0 Å². The number of ether oxygens (including phenoxy) is 1. The molecule has 3 nitrogen and oxygen atoms in total. The van der Waals surface area contributed by atoms with Crippen LogP contribution in [0.4, 0.5) is 5.69 Å². The second-order valence-corrected chi connectivity index (χ2v) is 6.65. The summed E-state index contributed by atoms with van der Waals surface area (Å²) in [5, 5.41) is 2.87. The Labute approximate surface area is 151 Å². The molecule has 0 spiro atoms. The maximum absolute atomic E-state index is 12.0. The van der Waals surface area contributed by atoms with Crippen LogP contribution in [0.2, 0.25) is 0 Å². The number of hydrogen-bond donors (Lipinski definition) is 1. The SMILES string of the molecule is CC[C@H](C)c1ccc(NC(=O)COc2ccc([C@@H](C)CC)cc2)cc1. The first-order chi connectivity index (χ1) is 12.0. The Morgan fingerprint density at radius 1 is 0.880 bits per heavy atom. The fourth-order valence-electron chi connectivity index (χ4n) is 2.60. The summed E-state index contributed by atoms with van der Waals surface area (Å²) in [5.74, 6) is 1.64. The van der Waals surface area contributed by atoms with Gasteiger partial charge in [-0.1, -0.05) is 52.0 Å². The van der Waals surface area contributed by atoms with Gasteiger partial charge in [-0.25, -0.2) is 0 Å². The van der Waals surface area contributed by atoms with Gasteiger partial charge in [0.25, 0.3) is 5.91 Å². The highest BCUT2D eigenvalue weighted by Crippen LogP contribution is 2.22. The predicted molar refractivity (Wildman–Crippen MR) is 104 cm³/mol. The minimum atomic E-state index is -0.151. The molecule has 2 aromatic carbocycles. The Bertz CT molecular complexity index is 661. The molecule has 134 valence electrons. The fourth-order valence-corrected chi connectivity index (χ4v) is 2.60. The van der Waals surface area contributed by atoms with Gasteiger partial charge in [0, 0.05) is 5.69 Å². The van der Waals surface area contributed by atoms with Crippen LogP contribution in [0.15, 0.2) is 48.5 Å². The molecular weight excluding hydrogens is 310 g/mol. The minimum Gasteiger partial charge on any atom is -0.484 e. The van der Waals surface area contributed by atoms with Crippen LogP contribution in [0.25, 0.3) is 0 Å². The summed E-state index contributed by atoms with van der Waals surface area (Å²) in [5.41, 5.74) is 3.38. The lowest BCUT2D eigenvalue weighted by Crippen LogP contribution is -2.20. The minimum absolute atomic E-state index is 0.00971. The zero-order valence-corrected chi connectivity index (χ0v) is 15.7. The molecule has 0 fully saturated rings. The number of hydrogen-bond acceptors (Lipinski definition) is 2. The first-order valence-corrected chi connectivity index (χ1v) is 9.16. The van der Waals surface area contributed by atoms with Gasteiger partial charge in [-0.15, -0.1) is 0 Å². The molecule has 0 bridgehead atoms. The van der Waals surface area contributed by atoms with E-state index in [0.717, 1.165) is 18.5 Å². The molecule has 25 heavy (non-hydrogen) atoms. The van der Waals surface area contributed by atoms with Crippen molar-refractivity contribution >= 4 is 11.6 Å². The lowest BCUT2D eigenvalue weighted by molar-refractivity contribution is -0.118. The molecule has 0 saturated carbocycles. The monoisotopic (exact) mass is 339 g/mol. The van der Waals surface area contributed by atoms with Crippen LogP contribution in [0.1, 0.15) is 63.5 Å². The zero-order valence-electron chi connectivity index (χ0n) is 15.7. The first kappa shape index (κ1) is 19.0. The van der Waals surface area contributed by atoms with Crippen molar-refractivity contribution in [3.05, 3.63) is 59.7 Å². The maximum atomic E-state index is 12.0. The third-order valence-electron chi connectivity index (χ3n) is 4.81. The topological polar surface area (TPSA) is 38.3 Å². The molecular formula is C22H29NO2. The number of carbonyl (C=O) groups is 1. The molecule has 0 aliphatic carbocycles. The molecule has 3 heteroatoms. The smallest absolute Gasteiger partial charge is 0.262 e. The predicted octanol–water partition coefficient (Wildman–Crippen LogP) is 5.73. The van der Waals surface area contributed by atoms with E-state index in [4.69, 9.17) is 4.74 Å². The van der Waals surface area contributed by atoms with Crippen LogP contribution < -0.4 is 10.1 Å². The van der Waals surface area contributed by atoms with E-state index in [1.54, 1.807) is 0 Å². The number of benzene rings is 2. The highest BCUT2D eigenvalue weighted by atomic mass is 16.5. The van der Waals surface area contributed by atoms with Gasteiger partial charge < -0.3 is 10.1 Å². The van der Waals surface area contributed by atoms with Crippen LogP contribution in [-0.2, 0) is 4.79 Å². The molecule has 0 aromatic heterocycles. The van der Waals surface area contributed by atoms with Gasteiger partial charge in [-0.2, -0.15) is 0 Å². The van der Waals surface area contributed by atoms with Gasteiger partial charge in [-0.3, -0.25) is 4.79 Å². The molecule has 1 N–H and O–H groups in total. The Kier molecular flexibility index (Phi) is 7.05. The van der Waals surface area contributed by atoms with Gasteiger partial charge in [0.05, 0.1) is 0 Å². The van der Waals surface area contributed by atoms with Crippen LogP contribution in [-0.4, -0.2) is 12.5 Å². The lowest BCUT2D eigenvalue weighted by atomic mass is 9.99. The quantitative estimate of drug-likeness (QED) is 0.667. The van der Waals surface area contributed by atoms with E-state index in [9.17, 15) is 4.79 Å². The molecule has 0 aliphatic heterocycles. The van der Waals surface area contributed by atoms with Crippen molar-refractivity contribution in [3.63, 3.8) is 0 Å².